The quantitative estimate of drug-likeness (QED) is 0.861. The Bertz CT molecular complexity index is 450. The van der Waals surface area contributed by atoms with Crippen LogP contribution in [0.15, 0.2) is 12.1 Å². The van der Waals surface area contributed by atoms with Crippen LogP contribution in [0.3, 0.4) is 0 Å². The molecule has 0 spiro atoms. The fourth-order valence-electron chi connectivity index (χ4n) is 2.98. The number of aryl methyl sites for hydroxylation is 3. The smallest absolute Gasteiger partial charge is 0.311 e. The maximum absolute atomic E-state index is 11.6. The van der Waals surface area contributed by atoms with E-state index in [-0.39, 0.29) is 0 Å². The van der Waals surface area contributed by atoms with Crippen molar-refractivity contribution in [3.8, 4) is 0 Å². The monoisotopic (exact) mass is 247 g/mol. The van der Waals surface area contributed by atoms with Crippen LogP contribution in [0.5, 0.6) is 0 Å². The van der Waals surface area contributed by atoms with Crippen LogP contribution in [-0.2, 0) is 11.2 Å². The summed E-state index contributed by atoms with van der Waals surface area (Å²) in [5.74, 6) is -0.674. The van der Waals surface area contributed by atoms with Crippen LogP contribution in [0.4, 0.5) is 0 Å². The van der Waals surface area contributed by atoms with Gasteiger partial charge >= 0.3 is 5.97 Å². The van der Waals surface area contributed by atoms with Gasteiger partial charge in [-0.3, -0.25) is 4.79 Å². The van der Waals surface area contributed by atoms with Crippen molar-refractivity contribution in [3.05, 3.63) is 34.4 Å². The van der Waals surface area contributed by atoms with Gasteiger partial charge in [-0.2, -0.15) is 0 Å². The number of nitrogens with one attached hydrogen (secondary N) is 1. The third-order valence-electron chi connectivity index (χ3n) is 4.05. The highest BCUT2D eigenvalue weighted by molar-refractivity contribution is 5.76. The number of carboxylic acids is 1. The summed E-state index contributed by atoms with van der Waals surface area (Å²) in [7, 11) is 0. The average Bonchev–Trinajstić information content (AvgIpc) is 2.73. The largest absolute Gasteiger partial charge is 0.481 e. The van der Waals surface area contributed by atoms with Crippen LogP contribution in [0.25, 0.3) is 0 Å². The van der Waals surface area contributed by atoms with Crippen LogP contribution in [0.1, 0.15) is 28.7 Å². The molecule has 1 heterocycles. The predicted molar refractivity (Wildman–Crippen MR) is 71.9 cm³/mol. The Morgan fingerprint density at radius 1 is 1.33 bits per heavy atom. The SMILES string of the molecule is Cc1cc(C)c(CC2(C(=O)O)CCNC2)c(C)c1. The van der Waals surface area contributed by atoms with E-state index in [9.17, 15) is 9.90 Å². The molecule has 1 aliphatic heterocycles. The molecule has 0 aliphatic carbocycles. The van der Waals surface area contributed by atoms with Gasteiger partial charge in [0.25, 0.3) is 0 Å². The van der Waals surface area contributed by atoms with Crippen molar-refractivity contribution >= 4 is 5.97 Å². The molecule has 1 fully saturated rings. The third kappa shape index (κ3) is 2.27. The summed E-state index contributed by atoms with van der Waals surface area (Å²) < 4.78 is 0. The lowest BCUT2D eigenvalue weighted by Crippen LogP contribution is -2.36. The second-order valence-electron chi connectivity index (χ2n) is 5.57. The minimum atomic E-state index is -0.674. The Labute approximate surface area is 108 Å². The summed E-state index contributed by atoms with van der Waals surface area (Å²) in [4.78, 5) is 11.6. The molecule has 1 atom stereocenters. The number of hydrogen-bond donors (Lipinski definition) is 2. The molecule has 98 valence electrons. The topological polar surface area (TPSA) is 49.3 Å². The van der Waals surface area contributed by atoms with Crippen LogP contribution in [0.2, 0.25) is 0 Å². The van der Waals surface area contributed by atoms with Crippen molar-refractivity contribution in [1.29, 1.82) is 0 Å². The first-order chi connectivity index (χ1) is 8.44. The zero-order valence-corrected chi connectivity index (χ0v) is 11.3. The second kappa shape index (κ2) is 4.73. The molecule has 0 bridgehead atoms. The number of rotatable bonds is 3. The lowest BCUT2D eigenvalue weighted by Gasteiger charge is -2.25. The Morgan fingerprint density at radius 3 is 2.39 bits per heavy atom. The highest BCUT2D eigenvalue weighted by Crippen LogP contribution is 2.33. The molecular formula is C15H21NO2. The van der Waals surface area contributed by atoms with Gasteiger partial charge in [0.05, 0.1) is 5.41 Å². The fraction of sp³-hybridized carbons (Fsp3) is 0.533. The number of carboxylic acid groups (broad SMARTS) is 1. The van der Waals surface area contributed by atoms with Gasteiger partial charge in [-0.25, -0.2) is 0 Å². The zero-order valence-electron chi connectivity index (χ0n) is 11.3. The zero-order chi connectivity index (χ0) is 13.3. The van der Waals surface area contributed by atoms with E-state index in [1.54, 1.807) is 0 Å². The Kier molecular flexibility index (Phi) is 3.44. The van der Waals surface area contributed by atoms with E-state index in [1.807, 2.05) is 0 Å². The molecule has 3 nitrogen and oxygen atoms in total. The molecule has 0 saturated carbocycles. The normalized spacial score (nSPS) is 23.3. The van der Waals surface area contributed by atoms with E-state index in [4.69, 9.17) is 0 Å². The van der Waals surface area contributed by atoms with Crippen molar-refractivity contribution in [3.63, 3.8) is 0 Å². The van der Waals surface area contributed by atoms with Crippen LogP contribution < -0.4 is 5.32 Å². The van der Waals surface area contributed by atoms with Gasteiger partial charge in [-0.15, -0.1) is 0 Å². The Morgan fingerprint density at radius 2 is 1.94 bits per heavy atom. The van der Waals surface area contributed by atoms with E-state index in [0.717, 1.165) is 13.0 Å². The second-order valence-corrected chi connectivity index (χ2v) is 5.57. The molecule has 1 unspecified atom stereocenters. The van der Waals surface area contributed by atoms with E-state index < -0.39 is 11.4 Å². The van der Waals surface area contributed by atoms with Gasteiger partial charge in [0.15, 0.2) is 0 Å². The van der Waals surface area contributed by atoms with Gasteiger partial charge in [-0.05, 0) is 56.8 Å². The van der Waals surface area contributed by atoms with Crippen molar-refractivity contribution in [2.75, 3.05) is 13.1 Å². The molecule has 18 heavy (non-hydrogen) atoms. The summed E-state index contributed by atoms with van der Waals surface area (Å²) in [5.41, 5.74) is 4.24. The van der Waals surface area contributed by atoms with Gasteiger partial charge in [0.1, 0.15) is 0 Å². The first-order valence-corrected chi connectivity index (χ1v) is 6.45. The maximum atomic E-state index is 11.6. The first-order valence-electron chi connectivity index (χ1n) is 6.45. The van der Waals surface area contributed by atoms with Crippen LogP contribution >= 0.6 is 0 Å². The number of hydrogen-bond acceptors (Lipinski definition) is 2. The summed E-state index contributed by atoms with van der Waals surface area (Å²) in [6.45, 7) is 7.61. The molecular weight excluding hydrogens is 226 g/mol. The molecule has 0 amide bonds. The van der Waals surface area contributed by atoms with Crippen molar-refractivity contribution in [1.82, 2.24) is 5.32 Å². The van der Waals surface area contributed by atoms with Crippen LogP contribution in [0, 0.1) is 26.2 Å². The van der Waals surface area contributed by atoms with Crippen molar-refractivity contribution in [2.24, 2.45) is 5.41 Å². The third-order valence-corrected chi connectivity index (χ3v) is 4.05. The standard InChI is InChI=1S/C15H21NO2/c1-10-6-11(2)13(12(3)7-10)8-15(14(17)18)4-5-16-9-15/h6-7,16H,4-5,8-9H2,1-3H3,(H,17,18). The molecule has 2 N–H and O–H groups in total. The lowest BCUT2D eigenvalue weighted by molar-refractivity contribution is -0.147. The Hall–Kier alpha value is -1.35. The summed E-state index contributed by atoms with van der Waals surface area (Å²) in [6, 6.07) is 4.28. The summed E-state index contributed by atoms with van der Waals surface area (Å²) in [5, 5.41) is 12.7. The van der Waals surface area contributed by atoms with Gasteiger partial charge in [-0.1, -0.05) is 17.7 Å². The molecule has 0 radical (unpaired) electrons. The average molecular weight is 247 g/mol. The van der Waals surface area contributed by atoms with Gasteiger partial charge in [0.2, 0.25) is 0 Å². The molecule has 2 rings (SSSR count). The minimum absolute atomic E-state index is 0.578. The van der Waals surface area contributed by atoms with E-state index in [0.29, 0.717) is 13.0 Å². The van der Waals surface area contributed by atoms with Crippen molar-refractivity contribution < 1.29 is 9.90 Å². The number of aliphatic carboxylic acids is 1. The summed E-state index contributed by atoms with van der Waals surface area (Å²) >= 11 is 0. The molecule has 1 saturated heterocycles. The maximum Gasteiger partial charge on any atom is 0.311 e. The minimum Gasteiger partial charge on any atom is -0.481 e. The van der Waals surface area contributed by atoms with Crippen LogP contribution in [-0.4, -0.2) is 24.2 Å². The molecule has 1 aromatic rings. The van der Waals surface area contributed by atoms with E-state index >= 15 is 0 Å². The van der Waals surface area contributed by atoms with E-state index in [1.165, 1.54) is 22.3 Å². The van der Waals surface area contributed by atoms with Crippen molar-refractivity contribution in [2.45, 2.75) is 33.6 Å². The highest BCUT2D eigenvalue weighted by Gasteiger charge is 2.41. The first kappa shape index (κ1) is 13.1. The summed E-state index contributed by atoms with van der Waals surface area (Å²) in [6.07, 6.45) is 1.35. The number of carbonyl (C=O) groups is 1. The molecule has 0 aromatic heterocycles. The highest BCUT2D eigenvalue weighted by atomic mass is 16.4. The van der Waals surface area contributed by atoms with Gasteiger partial charge in [0, 0.05) is 6.54 Å². The molecule has 1 aromatic carbocycles. The lowest BCUT2D eigenvalue weighted by atomic mass is 9.78. The molecule has 3 heteroatoms. The fourth-order valence-corrected chi connectivity index (χ4v) is 2.98. The van der Waals surface area contributed by atoms with E-state index in [2.05, 4.69) is 38.2 Å². The predicted octanol–water partition coefficient (Wildman–Crippen LogP) is 2.22. The van der Waals surface area contributed by atoms with Gasteiger partial charge < -0.3 is 10.4 Å². The molecule has 1 aliphatic rings. The Balaban J connectivity index is 2.36. The number of benzene rings is 1.